The third-order valence-corrected chi connectivity index (χ3v) is 3.58. The molecule has 8 heteroatoms. The van der Waals surface area contributed by atoms with Gasteiger partial charge in [-0.05, 0) is 35.9 Å². The molecule has 6 nitrogen and oxygen atoms in total. The van der Waals surface area contributed by atoms with E-state index in [9.17, 15) is 4.79 Å². The Bertz CT molecular complexity index is 571. The molecule has 1 aromatic carbocycles. The van der Waals surface area contributed by atoms with E-state index < -0.39 is 0 Å². The second-order valence-corrected chi connectivity index (χ2v) is 5.48. The van der Waals surface area contributed by atoms with Crippen LogP contribution < -0.4 is 5.32 Å². The van der Waals surface area contributed by atoms with Crippen LogP contribution in [0.25, 0.3) is 0 Å². The van der Waals surface area contributed by atoms with Gasteiger partial charge in [-0.3, -0.25) is 10.1 Å². The minimum atomic E-state index is -0.166. The number of thioether (sulfide) groups is 1. The molecule has 20 heavy (non-hydrogen) atoms. The lowest BCUT2D eigenvalue weighted by Crippen LogP contribution is -2.15. The van der Waals surface area contributed by atoms with E-state index in [0.717, 1.165) is 11.3 Å². The van der Waals surface area contributed by atoms with Gasteiger partial charge in [0, 0.05) is 9.92 Å². The average Bonchev–Trinajstić information content (AvgIpc) is 2.86. The highest BCUT2D eigenvalue weighted by Crippen LogP contribution is 2.20. The lowest BCUT2D eigenvalue weighted by Gasteiger charge is -2.01. The summed E-state index contributed by atoms with van der Waals surface area (Å²) in [6, 6.07) is 7.32. The van der Waals surface area contributed by atoms with Gasteiger partial charge in [0.25, 0.3) is 5.95 Å². The molecule has 0 radical (unpaired) electrons. The molecule has 0 saturated carbocycles. The van der Waals surface area contributed by atoms with Gasteiger partial charge in [-0.2, -0.15) is 4.80 Å². The van der Waals surface area contributed by atoms with Gasteiger partial charge in [0.15, 0.2) is 0 Å². The van der Waals surface area contributed by atoms with Gasteiger partial charge in [0.05, 0.1) is 12.3 Å². The van der Waals surface area contributed by atoms with Crippen LogP contribution in [-0.4, -0.2) is 31.9 Å². The molecule has 0 aliphatic rings. The Morgan fingerprint density at radius 2 is 2.15 bits per heavy atom. The number of carbonyl (C=O) groups excluding carboxylic acids is 1. The number of aryl methyl sites for hydroxylation is 1. The summed E-state index contributed by atoms with van der Waals surface area (Å²) < 4.78 is 0. The van der Waals surface area contributed by atoms with Gasteiger partial charge in [-0.15, -0.1) is 16.9 Å². The van der Waals surface area contributed by atoms with E-state index in [1.807, 2.05) is 19.1 Å². The maximum Gasteiger partial charge on any atom is 0.270 e. The van der Waals surface area contributed by atoms with E-state index in [1.54, 1.807) is 12.1 Å². The van der Waals surface area contributed by atoms with Gasteiger partial charge in [0.2, 0.25) is 5.91 Å². The zero-order valence-electron chi connectivity index (χ0n) is 10.9. The predicted octanol–water partition coefficient (Wildman–Crippen LogP) is 2.47. The fourth-order valence-electron chi connectivity index (χ4n) is 1.43. The molecular formula is C12H14ClN5OS. The van der Waals surface area contributed by atoms with Gasteiger partial charge in [-0.25, -0.2) is 0 Å². The molecule has 2 rings (SSSR count). The normalized spacial score (nSPS) is 10.5. The Morgan fingerprint density at radius 1 is 1.40 bits per heavy atom. The maximum atomic E-state index is 11.7. The van der Waals surface area contributed by atoms with E-state index in [4.69, 9.17) is 11.6 Å². The summed E-state index contributed by atoms with van der Waals surface area (Å²) in [5.41, 5.74) is 0. The second kappa shape index (κ2) is 7.25. The molecule has 0 spiro atoms. The smallest absolute Gasteiger partial charge is 0.270 e. The molecule has 1 amide bonds. The first kappa shape index (κ1) is 14.8. The molecule has 0 fully saturated rings. The van der Waals surface area contributed by atoms with Crippen LogP contribution in [0.5, 0.6) is 0 Å². The molecule has 106 valence electrons. The first-order valence-electron chi connectivity index (χ1n) is 6.13. The highest BCUT2D eigenvalue weighted by Gasteiger charge is 2.08. The fraction of sp³-hybridized carbons (Fsp3) is 0.333. The van der Waals surface area contributed by atoms with Gasteiger partial charge in [0.1, 0.15) is 0 Å². The molecule has 0 unspecified atom stereocenters. The largest absolute Gasteiger partial charge is 0.291 e. The Hall–Kier alpha value is -1.60. The lowest BCUT2D eigenvalue weighted by molar-refractivity contribution is -0.113. The van der Waals surface area contributed by atoms with E-state index in [1.165, 1.54) is 16.6 Å². The molecule has 1 aromatic heterocycles. The van der Waals surface area contributed by atoms with Crippen LogP contribution in [-0.2, 0) is 11.3 Å². The summed E-state index contributed by atoms with van der Waals surface area (Å²) in [5, 5.41) is 14.9. The SMILES string of the molecule is CCCn1nnc(NC(=O)CSc2ccc(Cl)cc2)n1. The van der Waals surface area contributed by atoms with E-state index in [-0.39, 0.29) is 17.6 Å². The Morgan fingerprint density at radius 3 is 2.85 bits per heavy atom. The van der Waals surface area contributed by atoms with Gasteiger partial charge < -0.3 is 0 Å². The molecule has 0 bridgehead atoms. The number of amides is 1. The highest BCUT2D eigenvalue weighted by molar-refractivity contribution is 8.00. The molecule has 0 aliphatic heterocycles. The number of anilines is 1. The number of carbonyl (C=O) groups is 1. The zero-order valence-corrected chi connectivity index (χ0v) is 12.5. The summed E-state index contributed by atoms with van der Waals surface area (Å²) in [6.45, 7) is 2.70. The second-order valence-electron chi connectivity index (χ2n) is 4.00. The lowest BCUT2D eigenvalue weighted by atomic mass is 10.4. The summed E-state index contributed by atoms with van der Waals surface area (Å²) >= 11 is 7.22. The van der Waals surface area contributed by atoms with Crippen molar-refractivity contribution in [2.45, 2.75) is 24.8 Å². The van der Waals surface area contributed by atoms with E-state index in [2.05, 4.69) is 20.7 Å². The van der Waals surface area contributed by atoms with E-state index >= 15 is 0 Å². The van der Waals surface area contributed by atoms with Crippen LogP contribution in [0.4, 0.5) is 5.95 Å². The summed E-state index contributed by atoms with van der Waals surface area (Å²) in [7, 11) is 0. The van der Waals surface area contributed by atoms with Crippen LogP contribution >= 0.6 is 23.4 Å². The molecule has 0 aliphatic carbocycles. The summed E-state index contributed by atoms with van der Waals surface area (Å²) in [4.78, 5) is 14.2. The number of benzene rings is 1. The predicted molar refractivity (Wildman–Crippen MR) is 78.9 cm³/mol. The topological polar surface area (TPSA) is 72.7 Å². The summed E-state index contributed by atoms with van der Waals surface area (Å²) in [5.74, 6) is 0.352. The number of nitrogens with zero attached hydrogens (tertiary/aromatic N) is 4. The highest BCUT2D eigenvalue weighted by atomic mass is 35.5. The van der Waals surface area contributed by atoms with Crippen LogP contribution in [0, 0.1) is 0 Å². The van der Waals surface area contributed by atoms with Crippen molar-refractivity contribution >= 4 is 35.2 Å². The van der Waals surface area contributed by atoms with Crippen molar-refractivity contribution in [2.24, 2.45) is 0 Å². The number of hydrogen-bond donors (Lipinski definition) is 1. The summed E-state index contributed by atoms with van der Waals surface area (Å²) in [6.07, 6.45) is 0.913. The fourth-order valence-corrected chi connectivity index (χ4v) is 2.25. The first-order chi connectivity index (χ1) is 9.67. The standard InChI is InChI=1S/C12H14ClN5OS/c1-2-7-18-16-12(15-17-18)14-11(19)8-20-10-5-3-9(13)4-6-10/h3-6H,2,7-8H2,1H3,(H,14,16,19). The van der Waals surface area contributed by atoms with Crippen molar-refractivity contribution in [1.29, 1.82) is 0 Å². The molecule has 2 aromatic rings. The molecule has 0 saturated heterocycles. The quantitative estimate of drug-likeness (QED) is 0.830. The Kier molecular flexibility index (Phi) is 5.37. The van der Waals surface area contributed by atoms with Crippen LogP contribution in [0.2, 0.25) is 5.02 Å². The number of tetrazole rings is 1. The number of rotatable bonds is 6. The molecule has 1 N–H and O–H groups in total. The third kappa shape index (κ3) is 4.50. The molecular weight excluding hydrogens is 298 g/mol. The van der Waals surface area contributed by atoms with Gasteiger partial charge in [-0.1, -0.05) is 23.6 Å². The van der Waals surface area contributed by atoms with Crippen molar-refractivity contribution in [2.75, 3.05) is 11.1 Å². The van der Waals surface area contributed by atoms with E-state index in [0.29, 0.717) is 11.6 Å². The minimum Gasteiger partial charge on any atom is -0.291 e. The minimum absolute atomic E-state index is 0.166. The molecule has 1 heterocycles. The number of aromatic nitrogens is 4. The van der Waals surface area contributed by atoms with Crippen molar-refractivity contribution in [1.82, 2.24) is 20.2 Å². The average molecular weight is 312 g/mol. The first-order valence-corrected chi connectivity index (χ1v) is 7.49. The third-order valence-electron chi connectivity index (χ3n) is 2.31. The number of halogens is 1. The Balaban J connectivity index is 1.81. The monoisotopic (exact) mass is 311 g/mol. The Labute approximate surface area is 125 Å². The van der Waals surface area contributed by atoms with Crippen LogP contribution in [0.3, 0.4) is 0 Å². The molecule has 0 atom stereocenters. The number of hydrogen-bond acceptors (Lipinski definition) is 5. The van der Waals surface area contributed by atoms with Crippen LogP contribution in [0.15, 0.2) is 29.2 Å². The maximum absolute atomic E-state index is 11.7. The van der Waals surface area contributed by atoms with Crippen molar-refractivity contribution < 1.29 is 4.79 Å². The zero-order chi connectivity index (χ0) is 14.4. The van der Waals surface area contributed by atoms with Gasteiger partial charge >= 0.3 is 0 Å². The number of nitrogens with one attached hydrogen (secondary N) is 1. The van der Waals surface area contributed by atoms with Crippen molar-refractivity contribution in [3.8, 4) is 0 Å². The van der Waals surface area contributed by atoms with Crippen molar-refractivity contribution in [3.05, 3.63) is 29.3 Å². The van der Waals surface area contributed by atoms with Crippen LogP contribution in [0.1, 0.15) is 13.3 Å². The van der Waals surface area contributed by atoms with Crippen molar-refractivity contribution in [3.63, 3.8) is 0 Å².